The van der Waals surface area contributed by atoms with Gasteiger partial charge in [-0.25, -0.2) is 9.59 Å². The molecule has 3 aliphatic rings. The standard InChI is InChI=1S/C27H38N4O6/c1-18-12-21(13-18)29(26(35)37-27(2,3)4)16-22(32)14-28-24(33)23-11-10-20-15-30(23)25(34)31(20)36-17-19-8-6-5-7-9-19/h5-9,18,20-21,23H,10-17H2,1-4H3,(H,28,33)/t18?,20-,21?,23+/m1/s1. The van der Waals surface area contributed by atoms with Crippen molar-refractivity contribution in [1.82, 2.24) is 20.2 Å². The maximum Gasteiger partial charge on any atom is 0.410 e. The van der Waals surface area contributed by atoms with Crippen LogP contribution >= 0.6 is 0 Å². The normalized spacial score (nSPS) is 24.9. The number of nitrogens with zero attached hydrogens (tertiary/aromatic N) is 3. The summed E-state index contributed by atoms with van der Waals surface area (Å²) in [6, 6.07) is 8.46. The van der Waals surface area contributed by atoms with E-state index in [1.165, 1.54) is 14.9 Å². The summed E-state index contributed by atoms with van der Waals surface area (Å²) in [5, 5.41) is 4.06. The zero-order valence-corrected chi connectivity index (χ0v) is 22.1. The number of nitrogens with one attached hydrogen (secondary N) is 1. The van der Waals surface area contributed by atoms with Crippen LogP contribution < -0.4 is 5.32 Å². The molecule has 0 unspecified atom stereocenters. The SMILES string of the molecule is CC1CC(N(CC(=O)CNC(=O)[C@@H]2CC[C@@H]3CN2C(=O)N3OCc2ccccc2)C(=O)OC(C)(C)C)C1. The number of fused-ring (bicyclic) bond motifs is 2. The predicted octanol–water partition coefficient (Wildman–Crippen LogP) is 3.11. The van der Waals surface area contributed by atoms with Crippen molar-refractivity contribution in [3.8, 4) is 0 Å². The third-order valence-electron chi connectivity index (χ3n) is 7.06. The van der Waals surface area contributed by atoms with Gasteiger partial charge in [-0.15, -0.1) is 0 Å². The van der Waals surface area contributed by atoms with Crippen molar-refractivity contribution in [2.45, 2.75) is 83.7 Å². The molecule has 3 fully saturated rings. The van der Waals surface area contributed by atoms with Crippen LogP contribution in [0.2, 0.25) is 0 Å². The summed E-state index contributed by atoms with van der Waals surface area (Å²) in [7, 11) is 0. The minimum atomic E-state index is -0.665. The highest BCUT2D eigenvalue weighted by Gasteiger charge is 2.48. The molecule has 2 heterocycles. The van der Waals surface area contributed by atoms with Gasteiger partial charge in [-0.05, 0) is 57.9 Å². The van der Waals surface area contributed by atoms with Crippen LogP contribution in [0.4, 0.5) is 9.59 Å². The number of rotatable bonds is 9. The molecule has 4 amide bonds. The molecule has 1 N–H and O–H groups in total. The van der Waals surface area contributed by atoms with E-state index >= 15 is 0 Å². The number of ketones is 1. The van der Waals surface area contributed by atoms with E-state index < -0.39 is 17.7 Å². The summed E-state index contributed by atoms with van der Waals surface area (Å²) < 4.78 is 5.50. The Morgan fingerprint density at radius 2 is 1.81 bits per heavy atom. The van der Waals surface area contributed by atoms with Crippen molar-refractivity contribution >= 4 is 23.8 Å². The first kappa shape index (κ1) is 26.9. The Balaban J connectivity index is 1.28. The summed E-state index contributed by atoms with van der Waals surface area (Å²) >= 11 is 0. The summed E-state index contributed by atoms with van der Waals surface area (Å²) in [6.07, 6.45) is 2.26. The number of carbonyl (C=O) groups excluding carboxylic acids is 4. The summed E-state index contributed by atoms with van der Waals surface area (Å²) in [6.45, 7) is 7.82. The molecule has 10 heteroatoms. The fourth-order valence-electron chi connectivity index (χ4n) is 5.12. The average molecular weight is 515 g/mol. The first-order valence-electron chi connectivity index (χ1n) is 13.1. The molecule has 2 bridgehead atoms. The number of benzene rings is 1. The molecular weight excluding hydrogens is 476 g/mol. The van der Waals surface area contributed by atoms with Gasteiger partial charge in [0.2, 0.25) is 5.91 Å². The van der Waals surface area contributed by atoms with Gasteiger partial charge in [0.05, 0.1) is 19.1 Å². The third-order valence-corrected chi connectivity index (χ3v) is 7.06. The van der Waals surface area contributed by atoms with Crippen molar-refractivity contribution in [2.75, 3.05) is 19.6 Å². The van der Waals surface area contributed by atoms with Crippen LogP contribution in [-0.2, 0) is 25.8 Å². The summed E-state index contributed by atoms with van der Waals surface area (Å²) in [5.74, 6) is -0.159. The molecular formula is C27H38N4O6. The predicted molar refractivity (Wildman–Crippen MR) is 135 cm³/mol. The van der Waals surface area contributed by atoms with E-state index in [4.69, 9.17) is 9.57 Å². The maximum atomic E-state index is 13.0. The number of urea groups is 1. The van der Waals surface area contributed by atoms with Crippen LogP contribution in [0, 0.1) is 5.92 Å². The number of hydroxylamine groups is 2. The lowest BCUT2D eigenvalue weighted by Gasteiger charge is -2.41. The fraction of sp³-hybridized carbons (Fsp3) is 0.630. The largest absolute Gasteiger partial charge is 0.444 e. The van der Waals surface area contributed by atoms with Crippen LogP contribution in [-0.4, -0.2) is 82.0 Å². The Morgan fingerprint density at radius 1 is 1.11 bits per heavy atom. The lowest BCUT2D eigenvalue weighted by atomic mass is 9.81. The molecule has 202 valence electrons. The maximum absolute atomic E-state index is 13.0. The zero-order chi connectivity index (χ0) is 26.7. The number of piperidine rings is 1. The number of amides is 4. The molecule has 2 aliphatic heterocycles. The second-order valence-electron chi connectivity index (χ2n) is 11.4. The molecule has 4 rings (SSSR count). The minimum Gasteiger partial charge on any atom is -0.444 e. The molecule has 0 radical (unpaired) electrons. The van der Waals surface area contributed by atoms with Gasteiger partial charge < -0.3 is 15.0 Å². The second kappa shape index (κ2) is 11.1. The first-order chi connectivity index (χ1) is 17.5. The van der Waals surface area contributed by atoms with Crippen LogP contribution in [0.3, 0.4) is 0 Å². The van der Waals surface area contributed by atoms with E-state index in [9.17, 15) is 19.2 Å². The average Bonchev–Trinajstić information content (AvgIpc) is 3.06. The first-order valence-corrected chi connectivity index (χ1v) is 13.1. The van der Waals surface area contributed by atoms with Crippen molar-refractivity contribution in [3.63, 3.8) is 0 Å². The van der Waals surface area contributed by atoms with E-state index in [2.05, 4.69) is 12.2 Å². The van der Waals surface area contributed by atoms with Crippen molar-refractivity contribution in [3.05, 3.63) is 35.9 Å². The fourth-order valence-corrected chi connectivity index (χ4v) is 5.12. The molecule has 2 saturated heterocycles. The van der Waals surface area contributed by atoms with Gasteiger partial charge in [-0.2, -0.15) is 5.06 Å². The molecule has 1 aliphatic carbocycles. The molecule has 10 nitrogen and oxygen atoms in total. The quantitative estimate of drug-likeness (QED) is 0.543. The molecule has 1 saturated carbocycles. The molecule has 1 aromatic rings. The van der Waals surface area contributed by atoms with E-state index in [1.807, 2.05) is 30.3 Å². The number of hydrogen-bond acceptors (Lipinski definition) is 6. The Kier molecular flexibility index (Phi) is 8.06. The molecule has 0 aromatic heterocycles. The van der Waals surface area contributed by atoms with Crippen LogP contribution in [0.5, 0.6) is 0 Å². The Bertz CT molecular complexity index is 1000. The number of ether oxygens (including phenoxy) is 1. The van der Waals surface area contributed by atoms with E-state index in [0.717, 1.165) is 18.4 Å². The molecule has 2 atom stereocenters. The van der Waals surface area contributed by atoms with Crippen LogP contribution in [0.15, 0.2) is 30.3 Å². The highest BCUT2D eigenvalue weighted by atomic mass is 16.7. The van der Waals surface area contributed by atoms with Gasteiger partial charge in [0.1, 0.15) is 18.2 Å². The van der Waals surface area contributed by atoms with Gasteiger partial charge >= 0.3 is 12.1 Å². The van der Waals surface area contributed by atoms with Crippen molar-refractivity contribution in [2.24, 2.45) is 5.92 Å². The van der Waals surface area contributed by atoms with E-state index in [-0.39, 0.29) is 49.5 Å². The number of Topliss-reactive ketones (excluding diaryl/α,β-unsaturated/α-hetero) is 1. The lowest BCUT2D eigenvalue weighted by molar-refractivity contribution is -0.140. The van der Waals surface area contributed by atoms with Gasteiger partial charge in [-0.1, -0.05) is 37.3 Å². The Hall–Kier alpha value is -3.14. The Labute approximate surface area is 218 Å². The van der Waals surface area contributed by atoms with E-state index in [0.29, 0.717) is 25.3 Å². The zero-order valence-electron chi connectivity index (χ0n) is 22.1. The summed E-state index contributed by atoms with van der Waals surface area (Å²) in [4.78, 5) is 60.2. The topological polar surface area (TPSA) is 108 Å². The van der Waals surface area contributed by atoms with Crippen LogP contribution in [0.1, 0.15) is 58.9 Å². The number of hydrogen-bond donors (Lipinski definition) is 1. The summed E-state index contributed by atoms with van der Waals surface area (Å²) in [5.41, 5.74) is 0.290. The van der Waals surface area contributed by atoms with Crippen LogP contribution in [0.25, 0.3) is 0 Å². The van der Waals surface area contributed by atoms with Gasteiger partial charge in [0.15, 0.2) is 5.78 Å². The Morgan fingerprint density at radius 3 is 2.46 bits per heavy atom. The van der Waals surface area contributed by atoms with Gasteiger partial charge in [0.25, 0.3) is 0 Å². The third kappa shape index (κ3) is 6.60. The number of carbonyl (C=O) groups is 4. The molecule has 1 aromatic carbocycles. The second-order valence-corrected chi connectivity index (χ2v) is 11.4. The minimum absolute atomic E-state index is 0.0381. The van der Waals surface area contributed by atoms with Crippen molar-refractivity contribution < 1.29 is 28.8 Å². The molecule has 0 spiro atoms. The lowest BCUT2D eigenvalue weighted by Crippen LogP contribution is -2.53. The van der Waals surface area contributed by atoms with Crippen molar-refractivity contribution in [1.29, 1.82) is 0 Å². The van der Waals surface area contributed by atoms with Gasteiger partial charge in [0, 0.05) is 12.6 Å². The molecule has 37 heavy (non-hydrogen) atoms. The monoisotopic (exact) mass is 514 g/mol. The highest BCUT2D eigenvalue weighted by molar-refractivity contribution is 5.93. The van der Waals surface area contributed by atoms with E-state index in [1.54, 1.807) is 20.8 Å². The smallest absolute Gasteiger partial charge is 0.410 e. The van der Waals surface area contributed by atoms with Gasteiger partial charge in [-0.3, -0.25) is 19.3 Å². The highest BCUT2D eigenvalue weighted by Crippen LogP contribution is 2.32.